The fourth-order valence-corrected chi connectivity index (χ4v) is 10.3. The SMILES string of the molecule is C[C@]12CCC(=O)C=C1CC[C@@H]1[C@@H]2[C@H](O[Si](C)(C)C)C[C@]2(C)[C@@H]1CC[C@@]21OCO[C@@]12COCO2. The quantitative estimate of drug-likeness (QED) is 0.534. The Kier molecular flexibility index (Phi) is 5.01. The van der Waals surface area contributed by atoms with Gasteiger partial charge in [0.2, 0.25) is 5.79 Å². The van der Waals surface area contributed by atoms with Gasteiger partial charge in [-0.1, -0.05) is 19.4 Å². The molecule has 2 spiro atoms. The lowest BCUT2D eigenvalue weighted by atomic mass is 9.45. The van der Waals surface area contributed by atoms with Crippen LogP contribution in [0.1, 0.15) is 58.8 Å². The van der Waals surface area contributed by atoms with Crippen LogP contribution in [0.2, 0.25) is 19.6 Å². The van der Waals surface area contributed by atoms with Gasteiger partial charge in [-0.25, -0.2) is 0 Å². The van der Waals surface area contributed by atoms with E-state index < -0.39 is 19.7 Å². The number of carbonyl (C=O) groups is 1. The first-order valence-electron chi connectivity index (χ1n) is 13.0. The Balaban J connectivity index is 1.45. The van der Waals surface area contributed by atoms with Crippen molar-refractivity contribution >= 4 is 14.1 Å². The van der Waals surface area contributed by atoms with Crippen molar-refractivity contribution in [3.63, 3.8) is 0 Å². The monoisotopic (exact) mass is 476 g/mol. The van der Waals surface area contributed by atoms with Crippen LogP contribution in [0.5, 0.6) is 0 Å². The third-order valence-electron chi connectivity index (χ3n) is 10.4. The minimum Gasteiger partial charge on any atom is -0.414 e. The molecule has 0 aromatic rings. The topological polar surface area (TPSA) is 63.2 Å². The van der Waals surface area contributed by atoms with Gasteiger partial charge in [0.25, 0.3) is 0 Å². The van der Waals surface area contributed by atoms with Gasteiger partial charge in [0.1, 0.15) is 12.2 Å². The Bertz CT molecular complexity index is 869. The Hall–Kier alpha value is -0.573. The normalized spacial score (nSPS) is 51.5. The molecular formula is C26H40O6Si. The van der Waals surface area contributed by atoms with Gasteiger partial charge < -0.3 is 23.4 Å². The molecule has 8 atom stereocenters. The van der Waals surface area contributed by atoms with Crippen molar-refractivity contribution in [3.8, 4) is 0 Å². The van der Waals surface area contributed by atoms with Crippen molar-refractivity contribution in [2.75, 3.05) is 20.2 Å². The Morgan fingerprint density at radius 2 is 1.82 bits per heavy atom. The molecule has 4 aliphatic carbocycles. The maximum atomic E-state index is 12.3. The lowest BCUT2D eigenvalue weighted by molar-refractivity contribution is -0.256. The predicted molar refractivity (Wildman–Crippen MR) is 125 cm³/mol. The molecule has 6 aliphatic rings. The fraction of sp³-hybridized carbons (Fsp3) is 0.885. The summed E-state index contributed by atoms with van der Waals surface area (Å²) < 4.78 is 31.8. The number of fused-ring (bicyclic) bond motifs is 7. The van der Waals surface area contributed by atoms with Gasteiger partial charge in [0.05, 0.1) is 0 Å². The molecule has 5 fully saturated rings. The largest absolute Gasteiger partial charge is 0.414 e. The van der Waals surface area contributed by atoms with E-state index in [4.69, 9.17) is 23.4 Å². The van der Waals surface area contributed by atoms with Crippen molar-refractivity contribution in [2.24, 2.45) is 28.6 Å². The summed E-state index contributed by atoms with van der Waals surface area (Å²) in [6, 6.07) is 0. The van der Waals surface area contributed by atoms with Gasteiger partial charge in [-0.2, -0.15) is 0 Å². The summed E-state index contributed by atoms with van der Waals surface area (Å²) >= 11 is 0. The summed E-state index contributed by atoms with van der Waals surface area (Å²) in [5.74, 6) is 1.05. The second-order valence-corrected chi connectivity index (χ2v) is 17.4. The zero-order valence-corrected chi connectivity index (χ0v) is 21.9. The number of hydrogen-bond donors (Lipinski definition) is 0. The van der Waals surface area contributed by atoms with E-state index in [9.17, 15) is 4.79 Å². The summed E-state index contributed by atoms with van der Waals surface area (Å²) in [7, 11) is -1.81. The predicted octanol–water partition coefficient (Wildman–Crippen LogP) is 4.79. The summed E-state index contributed by atoms with van der Waals surface area (Å²) in [5, 5.41) is 0. The Morgan fingerprint density at radius 3 is 2.55 bits per heavy atom. The van der Waals surface area contributed by atoms with Gasteiger partial charge in [0.15, 0.2) is 27.7 Å². The number of rotatable bonds is 2. The van der Waals surface area contributed by atoms with E-state index in [1.54, 1.807) is 0 Å². The van der Waals surface area contributed by atoms with Crippen molar-refractivity contribution in [1.29, 1.82) is 0 Å². The van der Waals surface area contributed by atoms with E-state index in [1.807, 2.05) is 6.08 Å². The molecule has 0 unspecified atom stereocenters. The molecule has 33 heavy (non-hydrogen) atoms. The van der Waals surface area contributed by atoms with Crippen LogP contribution in [0.3, 0.4) is 0 Å². The fourth-order valence-electron chi connectivity index (χ4n) is 9.19. The molecule has 6 nitrogen and oxygen atoms in total. The smallest absolute Gasteiger partial charge is 0.226 e. The molecular weight excluding hydrogens is 436 g/mol. The molecule has 0 N–H and O–H groups in total. The summed E-state index contributed by atoms with van der Waals surface area (Å²) in [6.07, 6.45) is 8.95. The molecule has 3 saturated carbocycles. The number of allylic oxidation sites excluding steroid dienone is 1. The van der Waals surface area contributed by atoms with Crippen LogP contribution in [0.4, 0.5) is 0 Å². The van der Waals surface area contributed by atoms with E-state index in [-0.39, 0.29) is 30.5 Å². The van der Waals surface area contributed by atoms with E-state index in [0.29, 0.717) is 36.6 Å². The van der Waals surface area contributed by atoms with Crippen LogP contribution in [0.15, 0.2) is 11.6 Å². The molecule has 0 radical (unpaired) electrons. The molecule has 0 bridgehead atoms. The molecule has 7 heteroatoms. The molecule has 6 rings (SSSR count). The molecule has 0 aromatic heterocycles. The van der Waals surface area contributed by atoms with Crippen LogP contribution in [-0.4, -0.2) is 51.8 Å². The zero-order chi connectivity index (χ0) is 23.3. The van der Waals surface area contributed by atoms with Crippen molar-refractivity contribution < 1.29 is 28.2 Å². The van der Waals surface area contributed by atoms with Gasteiger partial charge >= 0.3 is 0 Å². The molecule has 2 heterocycles. The molecule has 0 amide bonds. The maximum absolute atomic E-state index is 12.3. The third-order valence-corrected chi connectivity index (χ3v) is 11.4. The third kappa shape index (κ3) is 2.99. The lowest BCUT2D eigenvalue weighted by Crippen LogP contribution is -2.67. The van der Waals surface area contributed by atoms with Gasteiger partial charge in [-0.15, -0.1) is 0 Å². The molecule has 0 aromatic carbocycles. The van der Waals surface area contributed by atoms with Crippen LogP contribution in [0, 0.1) is 28.6 Å². The van der Waals surface area contributed by atoms with Crippen molar-refractivity contribution in [1.82, 2.24) is 0 Å². The van der Waals surface area contributed by atoms with Gasteiger partial charge in [-0.05, 0) is 87.4 Å². The number of ketones is 1. The first-order valence-corrected chi connectivity index (χ1v) is 16.4. The summed E-state index contributed by atoms with van der Waals surface area (Å²) in [6.45, 7) is 12.8. The minimum atomic E-state index is -1.81. The first-order chi connectivity index (χ1) is 15.5. The minimum absolute atomic E-state index is 0.0515. The highest BCUT2D eigenvalue weighted by Gasteiger charge is 2.77. The Morgan fingerprint density at radius 1 is 1.03 bits per heavy atom. The Labute approximate surface area is 198 Å². The lowest BCUT2D eigenvalue weighted by Gasteiger charge is -2.63. The molecule has 2 aliphatic heterocycles. The average molecular weight is 477 g/mol. The van der Waals surface area contributed by atoms with E-state index in [2.05, 4.69) is 33.5 Å². The first kappa shape index (κ1) is 22.9. The van der Waals surface area contributed by atoms with Crippen molar-refractivity contribution in [2.45, 2.75) is 95.9 Å². The molecule has 184 valence electrons. The average Bonchev–Trinajstić information content (AvgIpc) is 3.42. The highest BCUT2D eigenvalue weighted by atomic mass is 28.4. The number of carbonyl (C=O) groups excluding carboxylic acids is 1. The zero-order valence-electron chi connectivity index (χ0n) is 20.9. The summed E-state index contributed by atoms with van der Waals surface area (Å²) in [5.41, 5.74) is 0.831. The van der Waals surface area contributed by atoms with Gasteiger partial charge in [-0.3, -0.25) is 4.79 Å². The van der Waals surface area contributed by atoms with E-state index in [0.717, 1.165) is 38.5 Å². The highest BCUT2D eigenvalue weighted by Crippen LogP contribution is 2.72. The van der Waals surface area contributed by atoms with Crippen LogP contribution >= 0.6 is 0 Å². The van der Waals surface area contributed by atoms with E-state index in [1.165, 1.54) is 5.57 Å². The van der Waals surface area contributed by atoms with Crippen molar-refractivity contribution in [3.05, 3.63) is 11.6 Å². The maximum Gasteiger partial charge on any atom is 0.226 e. The second kappa shape index (κ2) is 7.23. The summed E-state index contributed by atoms with van der Waals surface area (Å²) in [4.78, 5) is 12.3. The standard InChI is InChI=1S/C26H40O6Si/c1-23-10-8-18(27)12-17(23)6-7-19-20-9-11-25(26(31-16-29-25)14-28-15-30-26)24(20,2)13-21(22(19)23)32-33(3,4)5/h12,19-22H,6-11,13-16H2,1-5H3/t19-,20+,21+,22+,23-,24+,25+,26-/m0/s1. The van der Waals surface area contributed by atoms with Gasteiger partial charge in [0, 0.05) is 17.9 Å². The highest BCUT2D eigenvalue weighted by molar-refractivity contribution is 6.69. The second-order valence-electron chi connectivity index (χ2n) is 12.9. The van der Waals surface area contributed by atoms with E-state index >= 15 is 0 Å². The molecule has 2 saturated heterocycles. The van der Waals surface area contributed by atoms with Crippen LogP contribution in [0.25, 0.3) is 0 Å². The number of ether oxygens (including phenoxy) is 4. The number of hydrogen-bond acceptors (Lipinski definition) is 6. The van der Waals surface area contributed by atoms with Crippen LogP contribution < -0.4 is 0 Å². The van der Waals surface area contributed by atoms with Crippen LogP contribution in [-0.2, 0) is 28.2 Å².